The van der Waals surface area contributed by atoms with Crippen LogP contribution in [0.1, 0.15) is 5.56 Å². The zero-order valence-corrected chi connectivity index (χ0v) is 9.77. The molecule has 1 heterocycles. The quantitative estimate of drug-likeness (QED) is 0.750. The van der Waals surface area contributed by atoms with Crippen LogP contribution in [0.5, 0.6) is 0 Å². The molecule has 2 rings (SSSR count). The summed E-state index contributed by atoms with van der Waals surface area (Å²) in [5.41, 5.74) is 2.29. The molecule has 1 aromatic carbocycles. The van der Waals surface area contributed by atoms with Crippen LogP contribution in [0.25, 0.3) is 11.3 Å². The third kappa shape index (κ3) is 2.28. The molecule has 2 aromatic rings. The fourth-order valence-electron chi connectivity index (χ4n) is 1.28. The Hall–Kier alpha value is -0.700. The highest BCUT2D eigenvalue weighted by atomic mass is 35.5. The van der Waals surface area contributed by atoms with Crippen molar-refractivity contribution in [1.29, 1.82) is 0 Å². The summed E-state index contributed by atoms with van der Waals surface area (Å²) < 4.78 is 4.85. The van der Waals surface area contributed by atoms with E-state index >= 15 is 0 Å². The van der Waals surface area contributed by atoms with E-state index in [-0.39, 0.29) is 0 Å². The molecule has 0 amide bonds. The number of halogens is 3. The Balaban J connectivity index is 2.53. The Morgan fingerprint density at radius 3 is 2.40 bits per heavy atom. The maximum Gasteiger partial charge on any atom is 0.128 e. The molecule has 2 nitrogen and oxygen atoms in total. The summed E-state index contributed by atoms with van der Waals surface area (Å²) in [6, 6.07) is 5.19. The largest absolute Gasteiger partial charge is 0.364 e. The molecule has 0 saturated heterocycles. The van der Waals surface area contributed by atoms with E-state index < -0.39 is 0 Å². The molecule has 0 bridgehead atoms. The lowest BCUT2D eigenvalue weighted by Gasteiger charge is -2.00. The summed E-state index contributed by atoms with van der Waals surface area (Å²) in [4.78, 5) is 0. The van der Waals surface area contributed by atoms with Crippen LogP contribution in [-0.2, 0) is 5.88 Å². The highest BCUT2D eigenvalue weighted by Crippen LogP contribution is 2.29. The Kier molecular flexibility index (Phi) is 3.19. The average molecular weight is 263 g/mol. The molecule has 0 radical (unpaired) electrons. The topological polar surface area (TPSA) is 26.0 Å². The molecule has 0 spiro atoms. The van der Waals surface area contributed by atoms with Gasteiger partial charge in [0.05, 0.1) is 5.88 Å². The van der Waals surface area contributed by atoms with Gasteiger partial charge in [-0.25, -0.2) is 0 Å². The van der Waals surface area contributed by atoms with Gasteiger partial charge >= 0.3 is 0 Å². The van der Waals surface area contributed by atoms with Gasteiger partial charge in [0, 0.05) is 21.2 Å². The summed E-state index contributed by atoms with van der Waals surface area (Å²) >= 11 is 17.5. The van der Waals surface area contributed by atoms with E-state index in [9.17, 15) is 0 Å². The van der Waals surface area contributed by atoms with Gasteiger partial charge in [0.2, 0.25) is 0 Å². The van der Waals surface area contributed by atoms with Crippen molar-refractivity contribution in [2.24, 2.45) is 0 Å². The minimum Gasteiger partial charge on any atom is -0.364 e. The number of rotatable bonds is 2. The van der Waals surface area contributed by atoms with Gasteiger partial charge in [0.15, 0.2) is 0 Å². The molecule has 0 saturated carbocycles. The van der Waals surface area contributed by atoms with Crippen molar-refractivity contribution in [1.82, 2.24) is 5.16 Å². The molecule has 78 valence electrons. The number of hydrogen-bond donors (Lipinski definition) is 0. The summed E-state index contributed by atoms with van der Waals surface area (Å²) in [6.07, 6.45) is 1.51. The van der Waals surface area contributed by atoms with Crippen LogP contribution in [0.4, 0.5) is 0 Å². The van der Waals surface area contributed by atoms with Gasteiger partial charge in [-0.05, 0) is 18.2 Å². The van der Waals surface area contributed by atoms with Crippen LogP contribution in [0.15, 0.2) is 29.0 Å². The first-order valence-corrected chi connectivity index (χ1v) is 5.45. The van der Waals surface area contributed by atoms with Crippen molar-refractivity contribution in [3.05, 3.63) is 40.1 Å². The van der Waals surface area contributed by atoms with Crippen LogP contribution < -0.4 is 0 Å². The van der Waals surface area contributed by atoms with Gasteiger partial charge in [0.1, 0.15) is 12.0 Å². The molecule has 0 N–H and O–H groups in total. The summed E-state index contributed by atoms with van der Waals surface area (Å²) in [5, 5.41) is 4.98. The molecule has 0 atom stereocenters. The van der Waals surface area contributed by atoms with Crippen LogP contribution in [0.2, 0.25) is 10.0 Å². The highest BCUT2D eigenvalue weighted by molar-refractivity contribution is 6.35. The van der Waals surface area contributed by atoms with Crippen molar-refractivity contribution in [2.45, 2.75) is 5.88 Å². The van der Waals surface area contributed by atoms with Gasteiger partial charge in [0.25, 0.3) is 0 Å². The molecule has 0 fully saturated rings. The highest BCUT2D eigenvalue weighted by Gasteiger charge is 2.10. The molecule has 0 unspecified atom stereocenters. The normalized spacial score (nSPS) is 10.6. The van der Waals surface area contributed by atoms with Crippen molar-refractivity contribution in [3.8, 4) is 11.3 Å². The molecular weight excluding hydrogens is 256 g/mol. The van der Waals surface area contributed by atoms with Gasteiger partial charge in [-0.2, -0.15) is 0 Å². The summed E-state index contributed by atoms with van der Waals surface area (Å²) in [7, 11) is 0. The Morgan fingerprint density at radius 1 is 1.13 bits per heavy atom. The molecule has 0 aliphatic heterocycles. The van der Waals surface area contributed by atoms with E-state index in [4.69, 9.17) is 39.3 Å². The van der Waals surface area contributed by atoms with Crippen LogP contribution in [0, 0.1) is 0 Å². The monoisotopic (exact) mass is 261 g/mol. The minimum absolute atomic E-state index is 0.336. The van der Waals surface area contributed by atoms with Gasteiger partial charge in [-0.1, -0.05) is 28.4 Å². The van der Waals surface area contributed by atoms with Crippen molar-refractivity contribution in [2.75, 3.05) is 0 Å². The smallest absolute Gasteiger partial charge is 0.128 e. The van der Waals surface area contributed by atoms with Crippen LogP contribution in [0.3, 0.4) is 0 Å². The van der Waals surface area contributed by atoms with Crippen molar-refractivity contribution in [3.63, 3.8) is 0 Å². The maximum absolute atomic E-state index is 5.89. The van der Waals surface area contributed by atoms with Gasteiger partial charge in [-0.3, -0.25) is 0 Å². The van der Waals surface area contributed by atoms with E-state index in [0.29, 0.717) is 21.6 Å². The lowest BCUT2D eigenvalue weighted by molar-refractivity contribution is 0.421. The Morgan fingerprint density at radius 2 is 1.80 bits per heavy atom. The molecule has 15 heavy (non-hydrogen) atoms. The van der Waals surface area contributed by atoms with Gasteiger partial charge < -0.3 is 4.52 Å². The lowest BCUT2D eigenvalue weighted by Crippen LogP contribution is -1.83. The maximum atomic E-state index is 5.89. The van der Waals surface area contributed by atoms with E-state index in [2.05, 4.69) is 5.16 Å². The number of benzene rings is 1. The van der Waals surface area contributed by atoms with E-state index in [1.807, 2.05) is 0 Å². The molecular formula is C10H6Cl3NO. The lowest BCUT2D eigenvalue weighted by atomic mass is 10.1. The van der Waals surface area contributed by atoms with Crippen molar-refractivity contribution < 1.29 is 4.52 Å². The summed E-state index contributed by atoms with van der Waals surface area (Å²) in [6.45, 7) is 0. The van der Waals surface area contributed by atoms with Crippen LogP contribution in [-0.4, -0.2) is 5.16 Å². The number of aromatic nitrogens is 1. The van der Waals surface area contributed by atoms with Crippen LogP contribution >= 0.6 is 34.8 Å². The minimum atomic E-state index is 0.336. The van der Waals surface area contributed by atoms with E-state index in [0.717, 1.165) is 11.1 Å². The second kappa shape index (κ2) is 4.44. The van der Waals surface area contributed by atoms with E-state index in [1.54, 1.807) is 18.2 Å². The second-order valence-corrected chi connectivity index (χ2v) is 4.12. The fraction of sp³-hybridized carbons (Fsp3) is 0.100. The molecule has 0 aliphatic carbocycles. The number of alkyl halides is 1. The average Bonchev–Trinajstić information content (AvgIpc) is 2.63. The first kappa shape index (κ1) is 10.8. The standard InChI is InChI=1S/C10H6Cl3NO/c11-4-7-5-15-14-10(7)6-1-8(12)3-9(13)2-6/h1-3,5H,4H2. The Labute approximate surface area is 102 Å². The SMILES string of the molecule is ClCc1conc1-c1cc(Cl)cc(Cl)c1. The summed E-state index contributed by atoms with van der Waals surface area (Å²) in [5.74, 6) is 0.336. The second-order valence-electron chi connectivity index (χ2n) is 2.98. The predicted octanol–water partition coefficient (Wildman–Crippen LogP) is 4.39. The molecule has 0 aliphatic rings. The Bertz CT molecular complexity index is 461. The zero-order chi connectivity index (χ0) is 10.8. The van der Waals surface area contributed by atoms with E-state index in [1.165, 1.54) is 6.26 Å². The first-order valence-electron chi connectivity index (χ1n) is 4.16. The molecule has 1 aromatic heterocycles. The third-order valence-electron chi connectivity index (χ3n) is 1.92. The van der Waals surface area contributed by atoms with Gasteiger partial charge in [-0.15, -0.1) is 11.6 Å². The van der Waals surface area contributed by atoms with Crippen molar-refractivity contribution >= 4 is 34.8 Å². The number of nitrogens with zero attached hydrogens (tertiary/aromatic N) is 1. The zero-order valence-electron chi connectivity index (χ0n) is 7.51. The number of hydrogen-bond acceptors (Lipinski definition) is 2. The predicted molar refractivity (Wildman–Crippen MR) is 61.5 cm³/mol. The third-order valence-corrected chi connectivity index (χ3v) is 2.65. The first-order chi connectivity index (χ1) is 7.20. The molecule has 5 heteroatoms. The fourth-order valence-corrected chi connectivity index (χ4v) is 2.00.